The number of aliphatic hydroxyl groups excluding tert-OH is 2. The first-order valence-electron chi connectivity index (χ1n) is 11.2. The maximum absolute atomic E-state index is 10.8. The fourth-order valence-corrected chi connectivity index (χ4v) is 3.72. The number of hydrogen-bond acceptors (Lipinski definition) is 5. The third-order valence-electron chi connectivity index (χ3n) is 5.13. The maximum Gasteiger partial charge on any atom is 0.138 e. The lowest BCUT2D eigenvalue weighted by molar-refractivity contribution is 0.0956. The second-order valence-electron chi connectivity index (χ2n) is 8.25. The Morgan fingerprint density at radius 3 is 2.30 bits per heavy atom. The van der Waals surface area contributed by atoms with Gasteiger partial charge in [-0.15, -0.1) is 0 Å². The van der Waals surface area contributed by atoms with Crippen molar-refractivity contribution in [1.82, 2.24) is 4.90 Å². The highest BCUT2D eigenvalue weighted by atomic mass is 35.5. The van der Waals surface area contributed by atoms with Gasteiger partial charge in [0.15, 0.2) is 0 Å². The van der Waals surface area contributed by atoms with E-state index in [0.717, 1.165) is 16.9 Å². The maximum atomic E-state index is 10.8. The molecule has 3 aromatic carbocycles. The zero-order valence-corrected chi connectivity index (χ0v) is 19.9. The highest BCUT2D eigenvalue weighted by molar-refractivity contribution is 6.32. The number of halogens is 1. The third kappa shape index (κ3) is 8.06. The molecular formula is C27H32ClNO4. The molecule has 0 aliphatic heterocycles. The van der Waals surface area contributed by atoms with Crippen molar-refractivity contribution in [2.24, 2.45) is 0 Å². The Morgan fingerprint density at radius 1 is 0.939 bits per heavy atom. The van der Waals surface area contributed by atoms with Crippen LogP contribution in [0.5, 0.6) is 11.5 Å². The van der Waals surface area contributed by atoms with E-state index in [-0.39, 0.29) is 12.7 Å². The molecule has 176 valence electrons. The van der Waals surface area contributed by atoms with Crippen molar-refractivity contribution < 1.29 is 19.7 Å². The van der Waals surface area contributed by atoms with Crippen molar-refractivity contribution in [2.75, 3.05) is 19.7 Å². The molecule has 0 fully saturated rings. The summed E-state index contributed by atoms with van der Waals surface area (Å²) in [6.45, 7) is 5.82. The molecule has 1 atom stereocenters. The Morgan fingerprint density at radius 2 is 1.67 bits per heavy atom. The van der Waals surface area contributed by atoms with E-state index >= 15 is 0 Å². The standard InChI is InChI=1S/C27H32ClNO4/c1-20(2)33-27-13-10-23(16-25(27)28)26(31)18-29(14-15-30)17-21-8-11-24(12-9-21)32-19-22-6-4-3-5-7-22/h3-13,16,20,26,30-31H,14-15,17-19H2,1-2H3. The molecule has 0 saturated carbocycles. The van der Waals surface area contributed by atoms with Gasteiger partial charge in [-0.2, -0.15) is 0 Å². The summed E-state index contributed by atoms with van der Waals surface area (Å²) in [6.07, 6.45) is -0.718. The van der Waals surface area contributed by atoms with E-state index in [4.69, 9.17) is 21.1 Å². The first-order valence-corrected chi connectivity index (χ1v) is 11.6. The molecule has 0 radical (unpaired) electrons. The zero-order chi connectivity index (χ0) is 23.6. The molecule has 1 unspecified atom stereocenters. The number of benzene rings is 3. The van der Waals surface area contributed by atoms with Crippen molar-refractivity contribution >= 4 is 11.6 Å². The summed E-state index contributed by atoms with van der Waals surface area (Å²) in [7, 11) is 0. The average Bonchev–Trinajstić information content (AvgIpc) is 2.80. The summed E-state index contributed by atoms with van der Waals surface area (Å²) >= 11 is 6.32. The van der Waals surface area contributed by atoms with Gasteiger partial charge in [0.1, 0.15) is 18.1 Å². The molecule has 0 aliphatic carbocycles. The SMILES string of the molecule is CC(C)Oc1ccc(C(O)CN(CCO)Cc2ccc(OCc3ccccc3)cc2)cc1Cl. The monoisotopic (exact) mass is 469 g/mol. The van der Waals surface area contributed by atoms with Gasteiger partial charge in [-0.05, 0) is 54.8 Å². The molecule has 0 heterocycles. The number of hydrogen-bond donors (Lipinski definition) is 2. The molecule has 0 spiro atoms. The van der Waals surface area contributed by atoms with Gasteiger partial charge in [-0.1, -0.05) is 60.1 Å². The first kappa shape index (κ1) is 25.1. The van der Waals surface area contributed by atoms with E-state index in [0.29, 0.717) is 42.6 Å². The number of ether oxygens (including phenoxy) is 2. The van der Waals surface area contributed by atoms with Crippen molar-refractivity contribution in [3.8, 4) is 11.5 Å². The second kappa shape index (κ2) is 12.6. The molecule has 2 N–H and O–H groups in total. The van der Waals surface area contributed by atoms with Crippen LogP contribution in [-0.4, -0.2) is 40.9 Å². The van der Waals surface area contributed by atoms with Crippen LogP contribution in [0.25, 0.3) is 0 Å². The quantitative estimate of drug-likeness (QED) is 0.380. The molecule has 5 nitrogen and oxygen atoms in total. The Hall–Kier alpha value is -2.57. The Kier molecular flexibility index (Phi) is 9.58. The minimum Gasteiger partial charge on any atom is -0.489 e. The van der Waals surface area contributed by atoms with Gasteiger partial charge < -0.3 is 19.7 Å². The fraction of sp³-hybridized carbons (Fsp3) is 0.333. The Balaban J connectivity index is 1.58. The topological polar surface area (TPSA) is 62.2 Å². The van der Waals surface area contributed by atoms with Gasteiger partial charge in [-0.25, -0.2) is 0 Å². The smallest absolute Gasteiger partial charge is 0.138 e. The van der Waals surface area contributed by atoms with Crippen LogP contribution in [-0.2, 0) is 13.2 Å². The number of nitrogens with zero attached hydrogens (tertiary/aromatic N) is 1. The van der Waals surface area contributed by atoms with Crippen LogP contribution in [0.3, 0.4) is 0 Å². The van der Waals surface area contributed by atoms with Crippen molar-refractivity contribution in [2.45, 2.75) is 39.2 Å². The summed E-state index contributed by atoms with van der Waals surface area (Å²) < 4.78 is 11.5. The normalized spacial score (nSPS) is 12.2. The van der Waals surface area contributed by atoms with Crippen molar-refractivity contribution in [1.29, 1.82) is 0 Å². The van der Waals surface area contributed by atoms with E-state index in [1.54, 1.807) is 12.1 Å². The Bertz CT molecular complexity index is 979. The molecule has 0 aromatic heterocycles. The third-order valence-corrected chi connectivity index (χ3v) is 5.42. The summed E-state index contributed by atoms with van der Waals surface area (Å²) in [5, 5.41) is 20.7. The average molecular weight is 470 g/mol. The van der Waals surface area contributed by atoms with Gasteiger partial charge >= 0.3 is 0 Å². The molecule has 3 aromatic rings. The van der Waals surface area contributed by atoms with Crippen LogP contribution in [0.1, 0.15) is 36.6 Å². The first-order chi connectivity index (χ1) is 15.9. The number of rotatable bonds is 12. The van der Waals surface area contributed by atoms with Gasteiger partial charge in [0.2, 0.25) is 0 Å². The molecule has 0 aliphatic rings. The fourth-order valence-electron chi connectivity index (χ4n) is 3.49. The molecule has 0 bridgehead atoms. The molecule has 33 heavy (non-hydrogen) atoms. The second-order valence-corrected chi connectivity index (χ2v) is 8.66. The minimum atomic E-state index is -0.740. The van der Waals surface area contributed by atoms with Gasteiger partial charge in [0.25, 0.3) is 0 Å². The van der Waals surface area contributed by atoms with Crippen LogP contribution < -0.4 is 9.47 Å². The highest BCUT2D eigenvalue weighted by Crippen LogP contribution is 2.29. The molecule has 6 heteroatoms. The summed E-state index contributed by atoms with van der Waals surface area (Å²) in [5.74, 6) is 1.40. The summed E-state index contributed by atoms with van der Waals surface area (Å²) in [5.41, 5.74) is 2.90. The van der Waals surface area contributed by atoms with Crippen LogP contribution >= 0.6 is 11.6 Å². The van der Waals surface area contributed by atoms with Crippen molar-refractivity contribution in [3.63, 3.8) is 0 Å². The summed E-state index contributed by atoms with van der Waals surface area (Å²) in [4.78, 5) is 2.01. The minimum absolute atomic E-state index is 0.00686. The molecule has 0 amide bonds. The lowest BCUT2D eigenvalue weighted by atomic mass is 10.1. The molecule has 0 saturated heterocycles. The molecule has 3 rings (SSSR count). The van der Waals surface area contributed by atoms with Gasteiger partial charge in [0.05, 0.1) is 23.8 Å². The number of aliphatic hydroxyl groups is 2. The largest absolute Gasteiger partial charge is 0.489 e. The Labute approximate surface area is 201 Å². The predicted molar refractivity (Wildman–Crippen MR) is 132 cm³/mol. The van der Waals surface area contributed by atoms with Crippen LogP contribution in [0.2, 0.25) is 5.02 Å². The van der Waals surface area contributed by atoms with Gasteiger partial charge in [0, 0.05) is 19.6 Å². The van der Waals surface area contributed by atoms with E-state index in [1.807, 2.05) is 79.4 Å². The van der Waals surface area contributed by atoms with Gasteiger partial charge in [-0.3, -0.25) is 4.90 Å². The zero-order valence-electron chi connectivity index (χ0n) is 19.2. The predicted octanol–water partition coefficient (Wildman–Crippen LogP) is 5.23. The summed E-state index contributed by atoms with van der Waals surface area (Å²) in [6, 6.07) is 23.3. The van der Waals surface area contributed by atoms with E-state index in [1.165, 1.54) is 0 Å². The van der Waals surface area contributed by atoms with Crippen molar-refractivity contribution in [3.05, 3.63) is 94.5 Å². The van der Waals surface area contributed by atoms with Crippen LogP contribution in [0.15, 0.2) is 72.8 Å². The highest BCUT2D eigenvalue weighted by Gasteiger charge is 2.16. The van der Waals surface area contributed by atoms with E-state index in [2.05, 4.69) is 0 Å². The van der Waals surface area contributed by atoms with Crippen LogP contribution in [0, 0.1) is 0 Å². The van der Waals surface area contributed by atoms with Crippen LogP contribution in [0.4, 0.5) is 0 Å². The lowest BCUT2D eigenvalue weighted by Gasteiger charge is -2.25. The lowest BCUT2D eigenvalue weighted by Crippen LogP contribution is -2.31. The van der Waals surface area contributed by atoms with E-state index < -0.39 is 6.10 Å². The molecular weight excluding hydrogens is 438 g/mol. The van der Waals surface area contributed by atoms with E-state index in [9.17, 15) is 10.2 Å².